The Labute approximate surface area is 173 Å². The van der Waals surface area contributed by atoms with Crippen LogP contribution in [0.15, 0.2) is 24.3 Å². The van der Waals surface area contributed by atoms with Crippen LogP contribution in [0.4, 0.5) is 0 Å². The molecular weight excluding hydrogens is 362 g/mol. The third kappa shape index (κ3) is 4.48. The van der Waals surface area contributed by atoms with Crippen LogP contribution in [-0.2, 0) is 19.5 Å². The van der Waals surface area contributed by atoms with Gasteiger partial charge in [0.2, 0.25) is 0 Å². The van der Waals surface area contributed by atoms with Crippen LogP contribution < -0.4 is 10.1 Å². The smallest absolute Gasteiger partial charge is 0.150 e. The maximum Gasteiger partial charge on any atom is 0.150 e. The van der Waals surface area contributed by atoms with Crippen molar-refractivity contribution < 1.29 is 4.74 Å². The highest BCUT2D eigenvalue weighted by molar-refractivity contribution is 5.28. The van der Waals surface area contributed by atoms with Crippen molar-refractivity contribution in [3.05, 3.63) is 41.5 Å². The van der Waals surface area contributed by atoms with Gasteiger partial charge in [-0.2, -0.15) is 0 Å². The van der Waals surface area contributed by atoms with Crippen molar-refractivity contribution in [2.45, 2.75) is 76.6 Å². The van der Waals surface area contributed by atoms with Crippen molar-refractivity contribution in [1.29, 1.82) is 0 Å². The van der Waals surface area contributed by atoms with E-state index in [0.717, 1.165) is 56.5 Å². The van der Waals surface area contributed by atoms with E-state index in [1.165, 1.54) is 50.5 Å². The first kappa shape index (κ1) is 19.1. The van der Waals surface area contributed by atoms with Crippen molar-refractivity contribution in [1.82, 2.24) is 25.0 Å². The van der Waals surface area contributed by atoms with Crippen molar-refractivity contribution in [3.8, 4) is 5.75 Å². The van der Waals surface area contributed by atoms with Gasteiger partial charge in [0.15, 0.2) is 0 Å². The number of fused-ring (bicyclic) bond motifs is 1. The molecule has 0 bridgehead atoms. The van der Waals surface area contributed by atoms with Gasteiger partial charge < -0.3 is 14.6 Å². The molecule has 1 aromatic heterocycles. The van der Waals surface area contributed by atoms with Gasteiger partial charge in [-0.15, -0.1) is 10.2 Å². The predicted octanol–water partition coefficient (Wildman–Crippen LogP) is 3.47. The lowest BCUT2D eigenvalue weighted by Crippen LogP contribution is -2.30. The van der Waals surface area contributed by atoms with E-state index >= 15 is 0 Å². The fourth-order valence-electron chi connectivity index (χ4n) is 5.05. The summed E-state index contributed by atoms with van der Waals surface area (Å²) in [6.07, 6.45) is 10.1. The zero-order valence-electron chi connectivity index (χ0n) is 17.4. The third-order valence-corrected chi connectivity index (χ3v) is 6.68. The highest BCUT2D eigenvalue weighted by Gasteiger charge is 2.25. The van der Waals surface area contributed by atoms with Crippen molar-refractivity contribution in [2.24, 2.45) is 0 Å². The van der Waals surface area contributed by atoms with Crippen LogP contribution in [0.25, 0.3) is 0 Å². The number of aromatic nitrogens is 3. The Morgan fingerprint density at radius 2 is 1.90 bits per heavy atom. The second kappa shape index (κ2) is 8.84. The maximum atomic E-state index is 6.20. The van der Waals surface area contributed by atoms with Gasteiger partial charge in [0.25, 0.3) is 0 Å². The molecule has 1 saturated carbocycles. The summed E-state index contributed by atoms with van der Waals surface area (Å²) in [6.45, 7) is 5.12. The van der Waals surface area contributed by atoms with Gasteiger partial charge in [0.1, 0.15) is 17.4 Å². The minimum atomic E-state index is 0.376. The number of nitrogens with one attached hydrogen (secondary N) is 1. The molecule has 1 aromatic carbocycles. The lowest BCUT2D eigenvalue weighted by molar-refractivity contribution is 0.209. The lowest BCUT2D eigenvalue weighted by Gasteiger charge is -2.24. The topological polar surface area (TPSA) is 55.2 Å². The molecule has 3 aliphatic rings. The number of benzene rings is 1. The number of piperidine rings is 1. The number of hydrogen-bond donors (Lipinski definition) is 1. The molecule has 2 aromatic rings. The number of rotatable bonds is 5. The minimum absolute atomic E-state index is 0.376. The molecule has 0 amide bonds. The van der Waals surface area contributed by atoms with Gasteiger partial charge in [-0.3, -0.25) is 4.90 Å². The molecule has 3 heterocycles. The van der Waals surface area contributed by atoms with Crippen molar-refractivity contribution in [2.75, 3.05) is 19.6 Å². The van der Waals surface area contributed by atoms with Crippen LogP contribution in [-0.4, -0.2) is 45.4 Å². The van der Waals surface area contributed by atoms with E-state index in [4.69, 9.17) is 4.74 Å². The molecule has 156 valence electrons. The Bertz CT molecular complexity index is 807. The summed E-state index contributed by atoms with van der Waals surface area (Å²) in [5, 5.41) is 12.7. The highest BCUT2D eigenvalue weighted by atomic mass is 16.5. The molecule has 5 rings (SSSR count). The summed E-state index contributed by atoms with van der Waals surface area (Å²) in [5.41, 5.74) is 1.34. The van der Waals surface area contributed by atoms with E-state index in [2.05, 4.69) is 49.2 Å². The van der Waals surface area contributed by atoms with Crippen LogP contribution in [0.1, 0.15) is 68.2 Å². The molecule has 6 nitrogen and oxygen atoms in total. The summed E-state index contributed by atoms with van der Waals surface area (Å²) in [5.74, 6) is 3.33. The van der Waals surface area contributed by atoms with E-state index in [9.17, 15) is 0 Å². The second-order valence-corrected chi connectivity index (χ2v) is 8.83. The van der Waals surface area contributed by atoms with Gasteiger partial charge in [-0.25, -0.2) is 0 Å². The summed E-state index contributed by atoms with van der Waals surface area (Å²) in [6, 6.07) is 9.08. The molecule has 1 saturated heterocycles. The fourth-order valence-corrected chi connectivity index (χ4v) is 5.05. The summed E-state index contributed by atoms with van der Waals surface area (Å²) in [4.78, 5) is 2.54. The molecular formula is C23H33N5O. The monoisotopic (exact) mass is 395 g/mol. The van der Waals surface area contributed by atoms with Crippen LogP contribution in [0.3, 0.4) is 0 Å². The largest absolute Gasteiger partial charge is 0.490 e. The summed E-state index contributed by atoms with van der Waals surface area (Å²) < 4.78 is 8.58. The molecule has 1 atom stereocenters. The molecule has 29 heavy (non-hydrogen) atoms. The second-order valence-electron chi connectivity index (χ2n) is 8.83. The normalized spacial score (nSPS) is 23.7. The molecule has 0 spiro atoms. The van der Waals surface area contributed by atoms with Crippen LogP contribution in [0, 0.1) is 0 Å². The molecule has 1 unspecified atom stereocenters. The standard InChI is InChI=1S/C23H33N5O/c1-2-8-19(7-1)29-20-9-5-6-18(16-20)17-27-13-11-22-25-26-23(28(22)15-14-27)21-10-3-4-12-24-21/h5-6,9,16,19,21,24H,1-4,7-8,10-15,17H2. The Morgan fingerprint density at radius 3 is 2.76 bits per heavy atom. The average molecular weight is 396 g/mol. The lowest BCUT2D eigenvalue weighted by atomic mass is 10.0. The first-order valence-corrected chi connectivity index (χ1v) is 11.5. The highest BCUT2D eigenvalue weighted by Crippen LogP contribution is 2.26. The zero-order valence-corrected chi connectivity index (χ0v) is 17.4. The van der Waals surface area contributed by atoms with E-state index < -0.39 is 0 Å². The quantitative estimate of drug-likeness (QED) is 0.840. The van der Waals surface area contributed by atoms with Crippen molar-refractivity contribution in [3.63, 3.8) is 0 Å². The zero-order chi connectivity index (χ0) is 19.5. The van der Waals surface area contributed by atoms with E-state index in [-0.39, 0.29) is 0 Å². The number of nitrogens with zero attached hydrogens (tertiary/aromatic N) is 4. The van der Waals surface area contributed by atoms with E-state index in [1.54, 1.807) is 0 Å². The fraction of sp³-hybridized carbons (Fsp3) is 0.652. The van der Waals surface area contributed by atoms with Crippen LogP contribution in [0.5, 0.6) is 5.75 Å². The van der Waals surface area contributed by atoms with Crippen LogP contribution in [0.2, 0.25) is 0 Å². The Hall–Kier alpha value is -1.92. The van der Waals surface area contributed by atoms with E-state index in [0.29, 0.717) is 12.1 Å². The molecule has 2 aliphatic heterocycles. The van der Waals surface area contributed by atoms with Gasteiger partial charge >= 0.3 is 0 Å². The van der Waals surface area contributed by atoms with Crippen LogP contribution >= 0.6 is 0 Å². The molecule has 1 aliphatic carbocycles. The van der Waals surface area contributed by atoms with Gasteiger partial charge in [-0.1, -0.05) is 18.6 Å². The van der Waals surface area contributed by atoms with Gasteiger partial charge in [0, 0.05) is 32.6 Å². The number of hydrogen-bond acceptors (Lipinski definition) is 5. The third-order valence-electron chi connectivity index (χ3n) is 6.68. The average Bonchev–Trinajstić information content (AvgIpc) is 3.36. The van der Waals surface area contributed by atoms with E-state index in [1.807, 2.05) is 0 Å². The summed E-state index contributed by atoms with van der Waals surface area (Å²) in [7, 11) is 0. The maximum absolute atomic E-state index is 6.20. The molecule has 0 radical (unpaired) electrons. The van der Waals surface area contributed by atoms with Gasteiger partial charge in [0.05, 0.1) is 12.1 Å². The minimum Gasteiger partial charge on any atom is -0.490 e. The molecule has 6 heteroatoms. The summed E-state index contributed by atoms with van der Waals surface area (Å²) >= 11 is 0. The Balaban J connectivity index is 1.22. The molecule has 2 fully saturated rings. The first-order valence-electron chi connectivity index (χ1n) is 11.5. The predicted molar refractivity (Wildman–Crippen MR) is 113 cm³/mol. The first-order chi connectivity index (χ1) is 14.3. The van der Waals surface area contributed by atoms with Gasteiger partial charge in [-0.05, 0) is 62.8 Å². The Kier molecular flexibility index (Phi) is 5.81. The Morgan fingerprint density at radius 1 is 1.00 bits per heavy atom. The number of ether oxygens (including phenoxy) is 1. The van der Waals surface area contributed by atoms with Crippen molar-refractivity contribution >= 4 is 0 Å². The SMILES string of the molecule is c1cc(CN2CCc3nnc(C4CCCCN4)n3CC2)cc(OC2CCCC2)c1. The molecule has 1 N–H and O–H groups in total.